The molecule has 1 unspecified atom stereocenters. The van der Waals surface area contributed by atoms with Crippen molar-refractivity contribution < 1.29 is 18.7 Å². The second kappa shape index (κ2) is 9.92. The summed E-state index contributed by atoms with van der Waals surface area (Å²) in [5, 5.41) is 2.90. The highest BCUT2D eigenvalue weighted by molar-refractivity contribution is 6.07. The van der Waals surface area contributed by atoms with Gasteiger partial charge in [-0.15, -0.1) is 0 Å². The molecule has 2 aromatic carbocycles. The molecule has 0 saturated carbocycles. The molecule has 166 valence electrons. The van der Waals surface area contributed by atoms with Gasteiger partial charge in [-0.3, -0.25) is 9.69 Å². The highest BCUT2D eigenvalue weighted by Gasteiger charge is 2.52. The molecule has 1 N–H and O–H groups in total. The van der Waals surface area contributed by atoms with Crippen molar-refractivity contribution in [2.45, 2.75) is 45.2 Å². The maximum atomic E-state index is 13.5. The summed E-state index contributed by atoms with van der Waals surface area (Å²) in [5.74, 6) is 0.136. The zero-order valence-electron chi connectivity index (χ0n) is 18.4. The first-order chi connectivity index (χ1) is 14.9. The molecule has 0 bridgehead atoms. The standard InChI is InChI=1S/C24H30FN3O3/c1-4-6-15-24(19-9-11-20(25)12-10-19)22(29)28(23(30)26-24)17-27(3)16-18-7-13-21(14-8-18)31-5-2/h7-14H,4-6,15-17H2,1-3H3,(H,26,30). The van der Waals surface area contributed by atoms with Crippen molar-refractivity contribution in [3.8, 4) is 5.75 Å². The molecule has 2 aromatic rings. The van der Waals surface area contributed by atoms with Gasteiger partial charge in [0.05, 0.1) is 13.3 Å². The Labute approximate surface area is 183 Å². The van der Waals surface area contributed by atoms with Gasteiger partial charge in [-0.1, -0.05) is 44.0 Å². The lowest BCUT2D eigenvalue weighted by Gasteiger charge is -2.28. The molecule has 0 aliphatic carbocycles. The molecular weight excluding hydrogens is 397 g/mol. The first-order valence-electron chi connectivity index (χ1n) is 10.7. The molecule has 31 heavy (non-hydrogen) atoms. The van der Waals surface area contributed by atoms with Gasteiger partial charge >= 0.3 is 6.03 Å². The average molecular weight is 428 g/mol. The molecule has 1 saturated heterocycles. The summed E-state index contributed by atoms with van der Waals surface area (Å²) in [6.07, 6.45) is 2.11. The summed E-state index contributed by atoms with van der Waals surface area (Å²) < 4.78 is 18.9. The van der Waals surface area contributed by atoms with Crippen LogP contribution >= 0.6 is 0 Å². The van der Waals surface area contributed by atoms with E-state index in [0.717, 1.165) is 24.2 Å². The monoisotopic (exact) mass is 427 g/mol. The van der Waals surface area contributed by atoms with Gasteiger partial charge in [-0.2, -0.15) is 0 Å². The third-order valence-corrected chi connectivity index (χ3v) is 5.49. The van der Waals surface area contributed by atoms with Crippen LogP contribution in [0.15, 0.2) is 48.5 Å². The third kappa shape index (κ3) is 5.05. The van der Waals surface area contributed by atoms with Gasteiger partial charge in [-0.05, 0) is 55.8 Å². The van der Waals surface area contributed by atoms with Gasteiger partial charge in [0, 0.05) is 6.54 Å². The zero-order chi connectivity index (χ0) is 22.4. The number of unbranched alkanes of at least 4 members (excludes halogenated alkanes) is 1. The number of halogens is 1. The second-order valence-corrected chi connectivity index (χ2v) is 7.91. The predicted octanol–water partition coefficient (Wildman–Crippen LogP) is 4.25. The van der Waals surface area contributed by atoms with Crippen LogP contribution in [0.1, 0.15) is 44.2 Å². The van der Waals surface area contributed by atoms with E-state index in [1.165, 1.54) is 17.0 Å². The van der Waals surface area contributed by atoms with E-state index < -0.39 is 11.6 Å². The SMILES string of the molecule is CCCCC1(c2ccc(F)cc2)NC(=O)N(CN(C)Cc2ccc(OCC)cc2)C1=O. The van der Waals surface area contributed by atoms with Crippen molar-refractivity contribution >= 4 is 11.9 Å². The van der Waals surface area contributed by atoms with Gasteiger partial charge in [0.25, 0.3) is 5.91 Å². The van der Waals surface area contributed by atoms with Gasteiger partial charge in [0.1, 0.15) is 17.1 Å². The summed E-state index contributed by atoms with van der Waals surface area (Å²) in [7, 11) is 1.86. The Morgan fingerprint density at radius 1 is 1.06 bits per heavy atom. The summed E-state index contributed by atoms with van der Waals surface area (Å²) >= 11 is 0. The van der Waals surface area contributed by atoms with E-state index in [1.807, 2.05) is 50.1 Å². The smallest absolute Gasteiger partial charge is 0.326 e. The van der Waals surface area contributed by atoms with E-state index in [0.29, 0.717) is 25.1 Å². The molecule has 3 rings (SSSR count). The number of imide groups is 1. The average Bonchev–Trinajstić information content (AvgIpc) is 2.99. The fourth-order valence-corrected chi connectivity index (χ4v) is 3.90. The molecule has 7 heteroatoms. The summed E-state index contributed by atoms with van der Waals surface area (Å²) in [6.45, 7) is 5.31. The van der Waals surface area contributed by atoms with Crippen LogP contribution in [-0.4, -0.2) is 42.1 Å². The fourth-order valence-electron chi connectivity index (χ4n) is 3.90. The minimum atomic E-state index is -1.15. The Balaban J connectivity index is 1.74. The van der Waals surface area contributed by atoms with Gasteiger partial charge in [-0.25, -0.2) is 14.1 Å². The van der Waals surface area contributed by atoms with E-state index in [2.05, 4.69) is 5.32 Å². The highest BCUT2D eigenvalue weighted by Crippen LogP contribution is 2.34. The number of ether oxygens (including phenoxy) is 1. The fraction of sp³-hybridized carbons (Fsp3) is 0.417. The molecule has 1 aliphatic heterocycles. The lowest BCUT2D eigenvalue weighted by Crippen LogP contribution is -2.45. The number of hydrogen-bond acceptors (Lipinski definition) is 4. The summed E-state index contributed by atoms with van der Waals surface area (Å²) in [5.41, 5.74) is 0.506. The summed E-state index contributed by atoms with van der Waals surface area (Å²) in [4.78, 5) is 29.4. The molecule has 1 fully saturated rings. The van der Waals surface area contributed by atoms with Crippen LogP contribution in [-0.2, 0) is 16.9 Å². The van der Waals surface area contributed by atoms with Crippen molar-refractivity contribution in [2.75, 3.05) is 20.3 Å². The van der Waals surface area contributed by atoms with E-state index in [9.17, 15) is 14.0 Å². The number of nitrogens with zero attached hydrogens (tertiary/aromatic N) is 2. The molecule has 0 spiro atoms. The number of rotatable bonds is 10. The van der Waals surface area contributed by atoms with Crippen LogP contribution in [0, 0.1) is 5.82 Å². The Kier molecular flexibility index (Phi) is 7.28. The zero-order valence-corrected chi connectivity index (χ0v) is 18.4. The number of amides is 3. The molecule has 1 aliphatic rings. The van der Waals surface area contributed by atoms with Crippen molar-refractivity contribution in [3.63, 3.8) is 0 Å². The van der Waals surface area contributed by atoms with Gasteiger partial charge < -0.3 is 10.1 Å². The molecular formula is C24H30FN3O3. The lowest BCUT2D eigenvalue weighted by atomic mass is 9.85. The molecule has 1 atom stereocenters. The number of benzene rings is 2. The van der Waals surface area contributed by atoms with Crippen molar-refractivity contribution in [1.29, 1.82) is 0 Å². The van der Waals surface area contributed by atoms with Crippen molar-refractivity contribution in [2.24, 2.45) is 0 Å². The van der Waals surface area contributed by atoms with Crippen LogP contribution in [0.3, 0.4) is 0 Å². The van der Waals surface area contributed by atoms with Gasteiger partial charge in [0.15, 0.2) is 0 Å². The second-order valence-electron chi connectivity index (χ2n) is 7.91. The van der Waals surface area contributed by atoms with Gasteiger partial charge in [0.2, 0.25) is 0 Å². The molecule has 0 aromatic heterocycles. The van der Waals surface area contributed by atoms with Crippen molar-refractivity contribution in [3.05, 3.63) is 65.5 Å². The number of hydrogen-bond donors (Lipinski definition) is 1. The lowest BCUT2D eigenvalue weighted by molar-refractivity contribution is -0.133. The van der Waals surface area contributed by atoms with Crippen LogP contribution in [0.4, 0.5) is 9.18 Å². The normalized spacial score (nSPS) is 18.5. The maximum absolute atomic E-state index is 13.5. The highest BCUT2D eigenvalue weighted by atomic mass is 19.1. The number of carbonyl (C=O) groups is 2. The maximum Gasteiger partial charge on any atom is 0.326 e. The van der Waals surface area contributed by atoms with E-state index in [4.69, 9.17) is 4.74 Å². The quantitative estimate of drug-likeness (QED) is 0.576. The van der Waals surface area contributed by atoms with Crippen LogP contribution in [0.5, 0.6) is 5.75 Å². The first-order valence-corrected chi connectivity index (χ1v) is 10.7. The van der Waals surface area contributed by atoms with Crippen LogP contribution in [0.2, 0.25) is 0 Å². The Morgan fingerprint density at radius 2 is 1.74 bits per heavy atom. The number of urea groups is 1. The predicted molar refractivity (Wildman–Crippen MR) is 117 cm³/mol. The minimum Gasteiger partial charge on any atom is -0.494 e. The molecule has 0 radical (unpaired) electrons. The van der Waals surface area contributed by atoms with E-state index >= 15 is 0 Å². The molecule has 3 amide bonds. The summed E-state index contributed by atoms with van der Waals surface area (Å²) in [6, 6.07) is 13.1. The Bertz CT molecular complexity index is 901. The molecule has 1 heterocycles. The first kappa shape index (κ1) is 22.7. The van der Waals surface area contributed by atoms with E-state index in [1.54, 1.807) is 12.1 Å². The largest absolute Gasteiger partial charge is 0.494 e. The topological polar surface area (TPSA) is 61.9 Å². The number of nitrogens with one attached hydrogen (secondary N) is 1. The van der Waals surface area contributed by atoms with Crippen molar-refractivity contribution in [1.82, 2.24) is 15.1 Å². The van der Waals surface area contributed by atoms with Crippen LogP contribution in [0.25, 0.3) is 0 Å². The van der Waals surface area contributed by atoms with Crippen LogP contribution < -0.4 is 10.1 Å². The van der Waals surface area contributed by atoms with E-state index in [-0.39, 0.29) is 18.4 Å². The third-order valence-electron chi connectivity index (χ3n) is 5.49. The minimum absolute atomic E-state index is 0.160. The molecule has 6 nitrogen and oxygen atoms in total. The number of carbonyl (C=O) groups excluding carboxylic acids is 2. The Morgan fingerprint density at radius 3 is 2.35 bits per heavy atom. The Hall–Kier alpha value is -2.93.